The number of aromatic nitrogens is 1. The van der Waals surface area contributed by atoms with Crippen molar-refractivity contribution >= 4 is 22.5 Å². The highest BCUT2D eigenvalue weighted by atomic mass is 19.1. The van der Waals surface area contributed by atoms with Gasteiger partial charge in [0, 0.05) is 23.3 Å². The zero-order chi connectivity index (χ0) is 15.0. The first-order valence-corrected chi connectivity index (χ1v) is 6.39. The molecule has 0 spiro atoms. The molecule has 3 rings (SSSR count). The molecule has 3 aromatic rings. The maximum Gasteiger partial charge on any atom is 0.255 e. The van der Waals surface area contributed by atoms with E-state index in [1.807, 2.05) is 6.07 Å². The first-order valence-electron chi connectivity index (χ1n) is 6.39. The van der Waals surface area contributed by atoms with E-state index in [0.29, 0.717) is 5.56 Å². The zero-order valence-electron chi connectivity index (χ0n) is 11.2. The van der Waals surface area contributed by atoms with E-state index in [1.165, 1.54) is 6.92 Å². The number of fused-ring (bicyclic) bond motifs is 1. The molecule has 2 aromatic carbocycles. The number of aromatic amines is 1. The summed E-state index contributed by atoms with van der Waals surface area (Å²) in [6, 6.07) is 8.99. The third kappa shape index (κ3) is 2.50. The number of amides is 1. The Morgan fingerprint density at radius 1 is 1.10 bits per heavy atom. The molecule has 0 aliphatic carbocycles. The molecule has 1 amide bonds. The van der Waals surface area contributed by atoms with Gasteiger partial charge in [-0.1, -0.05) is 6.07 Å². The lowest BCUT2D eigenvalue weighted by molar-refractivity contribution is 0.102. The molecular formula is C16H12F2N2O. The van der Waals surface area contributed by atoms with Crippen LogP contribution in [0.25, 0.3) is 10.9 Å². The molecule has 0 saturated heterocycles. The number of hydrogen-bond acceptors (Lipinski definition) is 1. The molecule has 1 heterocycles. The minimum Gasteiger partial charge on any atom is -0.361 e. The number of carbonyl (C=O) groups is 1. The molecule has 0 fully saturated rings. The number of benzene rings is 2. The van der Waals surface area contributed by atoms with E-state index in [-0.39, 0.29) is 11.3 Å². The summed E-state index contributed by atoms with van der Waals surface area (Å²) in [4.78, 5) is 15.1. The highest BCUT2D eigenvalue weighted by Crippen LogP contribution is 2.20. The van der Waals surface area contributed by atoms with Gasteiger partial charge in [-0.3, -0.25) is 4.79 Å². The van der Waals surface area contributed by atoms with Crippen molar-refractivity contribution in [2.45, 2.75) is 6.92 Å². The van der Waals surface area contributed by atoms with Crippen molar-refractivity contribution in [1.29, 1.82) is 0 Å². The monoisotopic (exact) mass is 286 g/mol. The molecule has 106 valence electrons. The van der Waals surface area contributed by atoms with Crippen LogP contribution in [-0.2, 0) is 0 Å². The fraction of sp³-hybridized carbons (Fsp3) is 0.0625. The van der Waals surface area contributed by atoms with Crippen LogP contribution in [0.3, 0.4) is 0 Å². The minimum atomic E-state index is -0.664. The highest BCUT2D eigenvalue weighted by molar-refractivity contribution is 6.06. The van der Waals surface area contributed by atoms with E-state index in [2.05, 4.69) is 10.3 Å². The molecule has 21 heavy (non-hydrogen) atoms. The topological polar surface area (TPSA) is 44.9 Å². The molecule has 0 atom stereocenters. The number of anilines is 1. The van der Waals surface area contributed by atoms with E-state index in [1.54, 1.807) is 24.4 Å². The predicted molar refractivity (Wildman–Crippen MR) is 77.3 cm³/mol. The van der Waals surface area contributed by atoms with Gasteiger partial charge in [0.25, 0.3) is 5.91 Å². The van der Waals surface area contributed by atoms with Gasteiger partial charge in [0.05, 0.1) is 5.69 Å². The first-order chi connectivity index (χ1) is 10.0. The summed E-state index contributed by atoms with van der Waals surface area (Å²) in [6.07, 6.45) is 1.77. The third-order valence-electron chi connectivity index (χ3n) is 3.31. The van der Waals surface area contributed by atoms with Crippen molar-refractivity contribution in [2.24, 2.45) is 0 Å². The fourth-order valence-electron chi connectivity index (χ4n) is 2.13. The summed E-state index contributed by atoms with van der Waals surface area (Å²) in [6.45, 7) is 1.46. The molecular weight excluding hydrogens is 274 g/mol. The molecule has 2 N–H and O–H groups in total. The second-order valence-electron chi connectivity index (χ2n) is 4.82. The van der Waals surface area contributed by atoms with Gasteiger partial charge in [-0.2, -0.15) is 0 Å². The molecule has 0 saturated carbocycles. The van der Waals surface area contributed by atoms with Crippen LogP contribution in [-0.4, -0.2) is 10.9 Å². The van der Waals surface area contributed by atoms with Gasteiger partial charge in [-0.15, -0.1) is 0 Å². The minimum absolute atomic E-state index is 0.172. The number of H-pyrrole nitrogens is 1. The van der Waals surface area contributed by atoms with Crippen LogP contribution >= 0.6 is 0 Å². The molecule has 0 aliphatic rings. The molecule has 3 nitrogen and oxygen atoms in total. The maximum atomic E-state index is 13.7. The number of aryl methyl sites for hydroxylation is 1. The summed E-state index contributed by atoms with van der Waals surface area (Å²) < 4.78 is 27.2. The summed E-state index contributed by atoms with van der Waals surface area (Å²) in [5.41, 5.74) is 1.19. The van der Waals surface area contributed by atoms with Gasteiger partial charge in [0.15, 0.2) is 0 Å². The summed E-state index contributed by atoms with van der Waals surface area (Å²) in [7, 11) is 0. The van der Waals surface area contributed by atoms with Crippen molar-refractivity contribution in [2.75, 3.05) is 5.32 Å². The molecule has 0 unspecified atom stereocenters. The van der Waals surface area contributed by atoms with E-state index in [4.69, 9.17) is 0 Å². The first kappa shape index (κ1) is 13.3. The average Bonchev–Trinajstić information content (AvgIpc) is 2.92. The van der Waals surface area contributed by atoms with Crippen molar-refractivity contribution in [3.05, 3.63) is 65.4 Å². The van der Waals surface area contributed by atoms with Gasteiger partial charge in [-0.25, -0.2) is 8.78 Å². The second-order valence-corrected chi connectivity index (χ2v) is 4.82. The number of rotatable bonds is 2. The maximum absolute atomic E-state index is 13.7. The van der Waals surface area contributed by atoms with Crippen LogP contribution in [0.15, 0.2) is 42.6 Å². The Kier molecular flexibility index (Phi) is 3.17. The lowest BCUT2D eigenvalue weighted by atomic mass is 10.1. The Morgan fingerprint density at radius 3 is 2.71 bits per heavy atom. The van der Waals surface area contributed by atoms with Gasteiger partial charge in [-0.05, 0) is 42.1 Å². The molecule has 0 radical (unpaired) electrons. The van der Waals surface area contributed by atoms with Gasteiger partial charge in [0.1, 0.15) is 11.6 Å². The van der Waals surface area contributed by atoms with Crippen LogP contribution in [0.5, 0.6) is 0 Å². The van der Waals surface area contributed by atoms with Crippen LogP contribution in [0.2, 0.25) is 0 Å². The Morgan fingerprint density at radius 2 is 1.90 bits per heavy atom. The van der Waals surface area contributed by atoms with E-state index in [9.17, 15) is 13.6 Å². The zero-order valence-corrected chi connectivity index (χ0v) is 11.2. The summed E-state index contributed by atoms with van der Waals surface area (Å²) >= 11 is 0. The Bertz CT molecular complexity index is 839. The van der Waals surface area contributed by atoms with E-state index >= 15 is 0 Å². The lowest BCUT2D eigenvalue weighted by Gasteiger charge is -2.08. The van der Waals surface area contributed by atoms with Crippen LogP contribution < -0.4 is 5.32 Å². The quantitative estimate of drug-likeness (QED) is 0.734. The summed E-state index contributed by atoms with van der Waals surface area (Å²) in [5, 5.41) is 3.36. The van der Waals surface area contributed by atoms with Crippen molar-refractivity contribution in [3.63, 3.8) is 0 Å². The normalized spacial score (nSPS) is 10.8. The van der Waals surface area contributed by atoms with Crippen molar-refractivity contribution < 1.29 is 13.6 Å². The SMILES string of the molecule is Cc1cc(F)c(NC(=O)c2ccc3cc[nH]c3c2)cc1F. The van der Waals surface area contributed by atoms with Crippen LogP contribution in [0.1, 0.15) is 15.9 Å². The Hall–Kier alpha value is -2.69. The van der Waals surface area contributed by atoms with Gasteiger partial charge < -0.3 is 10.3 Å². The third-order valence-corrected chi connectivity index (χ3v) is 3.31. The Labute approximate surface area is 119 Å². The number of nitrogens with one attached hydrogen (secondary N) is 2. The predicted octanol–water partition coefficient (Wildman–Crippen LogP) is 4.01. The smallest absolute Gasteiger partial charge is 0.255 e. The highest BCUT2D eigenvalue weighted by Gasteiger charge is 2.12. The fourth-order valence-corrected chi connectivity index (χ4v) is 2.13. The number of hydrogen-bond donors (Lipinski definition) is 2. The van der Waals surface area contributed by atoms with Gasteiger partial charge >= 0.3 is 0 Å². The number of carbonyl (C=O) groups excluding carboxylic acids is 1. The average molecular weight is 286 g/mol. The largest absolute Gasteiger partial charge is 0.361 e. The number of halogens is 2. The molecule has 0 bridgehead atoms. The summed E-state index contributed by atoms with van der Waals surface area (Å²) in [5.74, 6) is -1.72. The lowest BCUT2D eigenvalue weighted by Crippen LogP contribution is -2.13. The second kappa shape index (κ2) is 5.01. The standard InChI is InChI=1S/C16H12F2N2O/c1-9-6-13(18)15(8-12(9)17)20-16(21)11-3-2-10-4-5-19-14(10)7-11/h2-8,19H,1H3,(H,20,21). The van der Waals surface area contributed by atoms with Gasteiger partial charge in [0.2, 0.25) is 0 Å². The van der Waals surface area contributed by atoms with Crippen molar-refractivity contribution in [1.82, 2.24) is 4.98 Å². The molecule has 0 aliphatic heterocycles. The van der Waals surface area contributed by atoms with Crippen LogP contribution in [0.4, 0.5) is 14.5 Å². The molecule has 1 aromatic heterocycles. The van der Waals surface area contributed by atoms with Crippen molar-refractivity contribution in [3.8, 4) is 0 Å². The Balaban J connectivity index is 1.90. The van der Waals surface area contributed by atoms with E-state index in [0.717, 1.165) is 23.0 Å². The van der Waals surface area contributed by atoms with E-state index < -0.39 is 17.5 Å². The molecule has 5 heteroatoms. The van der Waals surface area contributed by atoms with Crippen LogP contribution in [0, 0.1) is 18.6 Å².